The Morgan fingerprint density at radius 3 is 3.18 bits per heavy atom. The lowest BCUT2D eigenvalue weighted by Crippen LogP contribution is -2.37. The van der Waals surface area contributed by atoms with Crippen molar-refractivity contribution in [3.05, 3.63) is 23.9 Å². The molecular formula is C13H20N4. The molecule has 1 fully saturated rings. The molecule has 0 bridgehead atoms. The van der Waals surface area contributed by atoms with E-state index < -0.39 is 0 Å². The summed E-state index contributed by atoms with van der Waals surface area (Å²) in [7, 11) is 0. The van der Waals surface area contributed by atoms with Gasteiger partial charge in [-0.1, -0.05) is 13.3 Å². The molecule has 0 saturated carbocycles. The summed E-state index contributed by atoms with van der Waals surface area (Å²) in [5.41, 5.74) is 6.36. The van der Waals surface area contributed by atoms with Gasteiger partial charge in [-0.15, -0.1) is 0 Å². The Bertz CT molecular complexity index is 402. The summed E-state index contributed by atoms with van der Waals surface area (Å²) >= 11 is 0. The summed E-state index contributed by atoms with van der Waals surface area (Å²) in [6, 6.07) is 3.71. The normalized spacial score (nSPS) is 20.3. The predicted molar refractivity (Wildman–Crippen MR) is 70.5 cm³/mol. The van der Waals surface area contributed by atoms with Gasteiger partial charge in [-0.2, -0.15) is 0 Å². The minimum Gasteiger partial charge on any atom is -0.384 e. The van der Waals surface area contributed by atoms with Crippen LogP contribution in [-0.2, 0) is 0 Å². The van der Waals surface area contributed by atoms with Crippen molar-refractivity contribution in [1.82, 2.24) is 4.98 Å². The largest absolute Gasteiger partial charge is 0.384 e. The Labute approximate surface area is 102 Å². The van der Waals surface area contributed by atoms with Crippen molar-refractivity contribution in [2.75, 3.05) is 18.0 Å². The van der Waals surface area contributed by atoms with Crippen molar-refractivity contribution in [1.29, 1.82) is 5.41 Å². The van der Waals surface area contributed by atoms with E-state index >= 15 is 0 Å². The molecule has 1 aliphatic rings. The van der Waals surface area contributed by atoms with E-state index in [1.165, 1.54) is 19.3 Å². The number of aromatic nitrogens is 1. The number of rotatable bonds is 3. The molecule has 0 radical (unpaired) electrons. The number of hydrogen-bond acceptors (Lipinski definition) is 3. The smallest absolute Gasteiger partial charge is 0.139 e. The van der Waals surface area contributed by atoms with E-state index in [1.807, 2.05) is 12.1 Å². The predicted octanol–water partition coefficient (Wildman–Crippen LogP) is 1.99. The maximum absolute atomic E-state index is 7.60. The molecule has 1 unspecified atom stereocenters. The van der Waals surface area contributed by atoms with E-state index in [-0.39, 0.29) is 5.84 Å². The average Bonchev–Trinajstić information content (AvgIpc) is 2.39. The van der Waals surface area contributed by atoms with Gasteiger partial charge in [-0.3, -0.25) is 5.41 Å². The molecule has 3 N–H and O–H groups in total. The van der Waals surface area contributed by atoms with Gasteiger partial charge in [0.25, 0.3) is 0 Å². The van der Waals surface area contributed by atoms with Gasteiger partial charge in [0.2, 0.25) is 0 Å². The summed E-state index contributed by atoms with van der Waals surface area (Å²) in [6.45, 7) is 4.29. The van der Waals surface area contributed by atoms with E-state index in [4.69, 9.17) is 11.1 Å². The van der Waals surface area contributed by atoms with Gasteiger partial charge in [0.05, 0.1) is 5.56 Å². The molecule has 2 heterocycles. The van der Waals surface area contributed by atoms with Gasteiger partial charge in [0, 0.05) is 19.3 Å². The van der Waals surface area contributed by atoms with E-state index in [1.54, 1.807) is 6.20 Å². The van der Waals surface area contributed by atoms with Crippen LogP contribution in [-0.4, -0.2) is 23.9 Å². The molecule has 2 rings (SSSR count). The van der Waals surface area contributed by atoms with E-state index in [0.29, 0.717) is 0 Å². The number of anilines is 1. The quantitative estimate of drug-likeness (QED) is 0.618. The molecule has 92 valence electrons. The molecule has 1 aromatic heterocycles. The minimum atomic E-state index is 0.103. The van der Waals surface area contributed by atoms with Crippen molar-refractivity contribution >= 4 is 11.7 Å². The van der Waals surface area contributed by atoms with Gasteiger partial charge in [-0.25, -0.2) is 4.98 Å². The van der Waals surface area contributed by atoms with E-state index in [2.05, 4.69) is 16.8 Å². The zero-order valence-electron chi connectivity index (χ0n) is 10.3. The second-order valence-electron chi connectivity index (χ2n) is 4.65. The lowest BCUT2D eigenvalue weighted by atomic mass is 9.95. The molecule has 4 nitrogen and oxygen atoms in total. The topological polar surface area (TPSA) is 66.0 Å². The Morgan fingerprint density at radius 2 is 2.47 bits per heavy atom. The molecular weight excluding hydrogens is 212 g/mol. The van der Waals surface area contributed by atoms with Crippen LogP contribution >= 0.6 is 0 Å². The van der Waals surface area contributed by atoms with Crippen LogP contribution in [0.15, 0.2) is 18.3 Å². The van der Waals surface area contributed by atoms with Crippen LogP contribution in [0.5, 0.6) is 0 Å². The fourth-order valence-electron chi connectivity index (χ4n) is 2.45. The first kappa shape index (κ1) is 11.9. The van der Waals surface area contributed by atoms with Crippen LogP contribution in [0.2, 0.25) is 0 Å². The van der Waals surface area contributed by atoms with Crippen LogP contribution < -0.4 is 10.6 Å². The number of pyridine rings is 1. The molecule has 0 amide bonds. The number of nitrogens with zero attached hydrogens (tertiary/aromatic N) is 2. The molecule has 0 aliphatic carbocycles. The van der Waals surface area contributed by atoms with Crippen LogP contribution in [0, 0.1) is 11.3 Å². The van der Waals surface area contributed by atoms with Gasteiger partial charge in [0.1, 0.15) is 11.7 Å². The molecule has 1 aromatic rings. The Kier molecular flexibility index (Phi) is 3.61. The Hall–Kier alpha value is -1.58. The first-order valence-electron chi connectivity index (χ1n) is 6.26. The zero-order valence-corrected chi connectivity index (χ0v) is 10.3. The van der Waals surface area contributed by atoms with Crippen LogP contribution in [0.25, 0.3) is 0 Å². The van der Waals surface area contributed by atoms with Gasteiger partial charge < -0.3 is 10.6 Å². The van der Waals surface area contributed by atoms with Crippen molar-refractivity contribution < 1.29 is 0 Å². The highest BCUT2D eigenvalue weighted by Crippen LogP contribution is 2.25. The Balaban J connectivity index is 2.24. The number of nitrogens with one attached hydrogen (secondary N) is 1. The molecule has 1 atom stereocenters. The number of piperidine rings is 1. The van der Waals surface area contributed by atoms with Gasteiger partial charge in [-0.05, 0) is 30.9 Å². The van der Waals surface area contributed by atoms with Gasteiger partial charge >= 0.3 is 0 Å². The standard InChI is InChI=1S/C13H20N4/c1-2-10-5-4-8-17(9-10)13-11(12(14)15)6-3-7-16-13/h3,6-7,10H,2,4-5,8-9H2,1H3,(H3,14,15). The maximum atomic E-state index is 7.60. The summed E-state index contributed by atoms with van der Waals surface area (Å²) < 4.78 is 0. The number of amidine groups is 1. The maximum Gasteiger partial charge on any atom is 0.139 e. The molecule has 4 heteroatoms. The van der Waals surface area contributed by atoms with Crippen molar-refractivity contribution in [3.8, 4) is 0 Å². The summed E-state index contributed by atoms with van der Waals surface area (Å²) in [5.74, 6) is 1.72. The highest BCUT2D eigenvalue weighted by atomic mass is 15.2. The molecule has 1 saturated heterocycles. The summed E-state index contributed by atoms with van der Waals surface area (Å²) in [6.07, 6.45) is 5.48. The summed E-state index contributed by atoms with van der Waals surface area (Å²) in [5, 5.41) is 7.60. The molecule has 1 aliphatic heterocycles. The van der Waals surface area contributed by atoms with Crippen molar-refractivity contribution in [2.45, 2.75) is 26.2 Å². The van der Waals surface area contributed by atoms with Gasteiger partial charge in [0.15, 0.2) is 0 Å². The first-order valence-corrected chi connectivity index (χ1v) is 6.26. The number of nitrogens with two attached hydrogens (primary N) is 1. The number of nitrogen functional groups attached to an aromatic ring is 1. The third kappa shape index (κ3) is 2.57. The molecule has 0 spiro atoms. The van der Waals surface area contributed by atoms with Crippen LogP contribution in [0.4, 0.5) is 5.82 Å². The van der Waals surface area contributed by atoms with Crippen molar-refractivity contribution in [2.24, 2.45) is 11.7 Å². The number of hydrogen-bond donors (Lipinski definition) is 2. The third-order valence-corrected chi connectivity index (χ3v) is 3.47. The van der Waals surface area contributed by atoms with Crippen LogP contribution in [0.1, 0.15) is 31.7 Å². The minimum absolute atomic E-state index is 0.103. The van der Waals surface area contributed by atoms with Crippen LogP contribution in [0.3, 0.4) is 0 Å². The fraction of sp³-hybridized carbons (Fsp3) is 0.538. The Morgan fingerprint density at radius 1 is 1.65 bits per heavy atom. The first-order chi connectivity index (χ1) is 8.22. The lowest BCUT2D eigenvalue weighted by Gasteiger charge is -2.34. The molecule has 17 heavy (non-hydrogen) atoms. The second-order valence-corrected chi connectivity index (χ2v) is 4.65. The van der Waals surface area contributed by atoms with E-state index in [0.717, 1.165) is 30.4 Å². The summed E-state index contributed by atoms with van der Waals surface area (Å²) in [4.78, 5) is 6.67. The SMILES string of the molecule is CCC1CCCN(c2ncccc2C(=N)N)C1. The monoisotopic (exact) mass is 232 g/mol. The average molecular weight is 232 g/mol. The second kappa shape index (κ2) is 5.17. The van der Waals surface area contributed by atoms with E-state index in [9.17, 15) is 0 Å². The highest BCUT2D eigenvalue weighted by Gasteiger charge is 2.21. The van der Waals surface area contributed by atoms with Crippen molar-refractivity contribution in [3.63, 3.8) is 0 Å². The lowest BCUT2D eigenvalue weighted by molar-refractivity contribution is 0.403. The fourth-order valence-corrected chi connectivity index (χ4v) is 2.45. The molecule has 0 aromatic carbocycles. The highest BCUT2D eigenvalue weighted by molar-refractivity contribution is 5.99. The zero-order chi connectivity index (χ0) is 12.3. The third-order valence-electron chi connectivity index (χ3n) is 3.47.